The Kier molecular flexibility index (Phi) is 6.03. The van der Waals surface area contributed by atoms with Crippen molar-refractivity contribution < 1.29 is 31.5 Å². The number of halogens is 5. The van der Waals surface area contributed by atoms with Gasteiger partial charge in [0.1, 0.15) is 28.8 Å². The quantitative estimate of drug-likeness (QED) is 0.646. The monoisotopic (exact) mass is 473 g/mol. The highest BCUT2D eigenvalue weighted by molar-refractivity contribution is 8.13. The fraction of sp³-hybridized carbons (Fsp3) is 0.368. The minimum Gasteiger partial charge on any atom is -0.379 e. The number of aliphatic imine (C=N–C) groups is 1. The zero-order chi connectivity index (χ0) is 23.0. The van der Waals surface area contributed by atoms with Crippen LogP contribution in [0.3, 0.4) is 0 Å². The Morgan fingerprint density at radius 3 is 2.69 bits per heavy atom. The maximum Gasteiger partial charge on any atom is 0.281 e. The van der Waals surface area contributed by atoms with Crippen molar-refractivity contribution in [1.29, 1.82) is 0 Å². The van der Waals surface area contributed by atoms with Crippen LogP contribution in [0.2, 0.25) is 0 Å². The number of thioether (sulfide) groups is 1. The molecule has 1 saturated heterocycles. The summed E-state index contributed by atoms with van der Waals surface area (Å²) >= 11 is 1.08. The third-order valence-corrected chi connectivity index (χ3v) is 6.21. The molecule has 0 saturated carbocycles. The maximum atomic E-state index is 14.9. The van der Waals surface area contributed by atoms with Crippen molar-refractivity contribution in [1.82, 2.24) is 9.97 Å². The second-order valence-corrected chi connectivity index (χ2v) is 8.22. The Labute approximate surface area is 182 Å². The van der Waals surface area contributed by atoms with Crippen LogP contribution in [0.25, 0.3) is 0 Å². The Morgan fingerprint density at radius 2 is 2.03 bits per heavy atom. The van der Waals surface area contributed by atoms with Crippen molar-refractivity contribution in [3.63, 3.8) is 0 Å². The van der Waals surface area contributed by atoms with E-state index < -0.39 is 47.8 Å². The lowest BCUT2D eigenvalue weighted by atomic mass is 9.78. The number of hydrogen-bond acceptors (Lipinski definition) is 7. The number of fused-ring (bicyclic) bond motifs is 1. The topological polar surface area (TPSA) is 102 Å². The molecule has 1 amide bonds. The first-order valence-electron chi connectivity index (χ1n) is 9.30. The fourth-order valence-electron chi connectivity index (χ4n) is 3.75. The minimum absolute atomic E-state index is 0.0502. The number of anilines is 1. The molecule has 2 aromatic rings. The number of rotatable bonds is 5. The normalized spacial score (nSPS) is 25.0. The maximum absolute atomic E-state index is 14.9. The number of aromatic nitrogens is 2. The summed E-state index contributed by atoms with van der Waals surface area (Å²) in [4.78, 5) is 23.8. The summed E-state index contributed by atoms with van der Waals surface area (Å²) in [5, 5.41) is 2.58. The van der Waals surface area contributed by atoms with Gasteiger partial charge in [0.25, 0.3) is 18.8 Å². The van der Waals surface area contributed by atoms with Crippen LogP contribution in [-0.2, 0) is 10.3 Å². The first-order valence-corrected chi connectivity index (χ1v) is 10.3. The van der Waals surface area contributed by atoms with E-state index in [0.717, 1.165) is 30.2 Å². The van der Waals surface area contributed by atoms with E-state index >= 15 is 0 Å². The van der Waals surface area contributed by atoms with Crippen LogP contribution >= 0.6 is 11.8 Å². The van der Waals surface area contributed by atoms with Crippen LogP contribution in [0.1, 0.15) is 28.2 Å². The largest absolute Gasteiger partial charge is 0.379 e. The van der Waals surface area contributed by atoms with E-state index in [4.69, 9.17) is 10.5 Å². The number of nitrogens with zero attached hydrogens (tertiary/aromatic N) is 3. The zero-order valence-corrected chi connectivity index (χ0v) is 17.0. The summed E-state index contributed by atoms with van der Waals surface area (Å²) in [6.45, 7) is -0.303. The average molecular weight is 473 g/mol. The number of nitrogens with two attached hydrogens (primary N) is 1. The highest BCUT2D eigenvalue weighted by atomic mass is 32.2. The third kappa shape index (κ3) is 4.01. The van der Waals surface area contributed by atoms with E-state index in [9.17, 15) is 26.7 Å². The van der Waals surface area contributed by atoms with Crippen molar-refractivity contribution in [2.24, 2.45) is 16.6 Å². The minimum atomic E-state index is -2.83. The van der Waals surface area contributed by atoms with Crippen LogP contribution < -0.4 is 11.1 Å². The number of benzene rings is 1. The lowest BCUT2D eigenvalue weighted by Crippen LogP contribution is -2.43. The number of amides is 1. The molecular weight excluding hydrogens is 457 g/mol. The van der Waals surface area contributed by atoms with Crippen LogP contribution in [-0.4, -0.2) is 45.9 Å². The molecule has 170 valence electrons. The van der Waals surface area contributed by atoms with E-state index in [2.05, 4.69) is 20.3 Å². The molecule has 3 atom stereocenters. The van der Waals surface area contributed by atoms with Crippen molar-refractivity contribution in [2.75, 3.05) is 17.7 Å². The fourth-order valence-corrected chi connectivity index (χ4v) is 4.80. The van der Waals surface area contributed by atoms with Crippen molar-refractivity contribution in [3.8, 4) is 0 Å². The standard InChI is InChI=1S/C19H16F5N5O2S/c20-11-2-1-8(28-17(30)13-5-26-12(4-27-13)15(21)22)3-9(11)19-7-31-14(16(23)24)10(19)6-32-18(25)29-19/h1-5,10,14-16H,6-7H2,(H2,25,29)(H,28,30)/t10-,14+,19-/m1/s1. The molecular formula is C19H16F5N5O2S. The van der Waals surface area contributed by atoms with E-state index in [-0.39, 0.29) is 34.5 Å². The van der Waals surface area contributed by atoms with Gasteiger partial charge in [0.05, 0.1) is 19.0 Å². The van der Waals surface area contributed by atoms with Crippen molar-refractivity contribution in [2.45, 2.75) is 24.5 Å². The van der Waals surface area contributed by atoms with Gasteiger partial charge < -0.3 is 15.8 Å². The molecule has 0 spiro atoms. The van der Waals surface area contributed by atoms with Crippen LogP contribution in [0.15, 0.2) is 35.6 Å². The average Bonchev–Trinajstić information content (AvgIpc) is 3.14. The number of nitrogens with one attached hydrogen (secondary N) is 1. The highest BCUT2D eigenvalue weighted by Crippen LogP contribution is 2.49. The molecule has 0 bridgehead atoms. The van der Waals surface area contributed by atoms with Crippen molar-refractivity contribution >= 4 is 28.5 Å². The van der Waals surface area contributed by atoms with Gasteiger partial charge in [0.2, 0.25) is 0 Å². The summed E-state index contributed by atoms with van der Waals surface area (Å²) < 4.78 is 72.3. The highest BCUT2D eigenvalue weighted by Gasteiger charge is 2.56. The lowest BCUT2D eigenvalue weighted by molar-refractivity contribution is -0.0359. The molecule has 0 unspecified atom stereocenters. The summed E-state index contributed by atoms with van der Waals surface area (Å²) in [7, 11) is 0. The number of carbonyl (C=O) groups excluding carboxylic acids is 1. The number of ether oxygens (including phenoxy) is 1. The van der Waals surface area contributed by atoms with Gasteiger partial charge >= 0.3 is 0 Å². The van der Waals surface area contributed by atoms with Crippen LogP contribution in [0.5, 0.6) is 0 Å². The number of hydrogen-bond donors (Lipinski definition) is 2. The molecule has 2 aliphatic heterocycles. The van der Waals surface area contributed by atoms with Crippen LogP contribution in [0, 0.1) is 11.7 Å². The van der Waals surface area contributed by atoms with Crippen LogP contribution in [0.4, 0.5) is 27.6 Å². The van der Waals surface area contributed by atoms with Gasteiger partial charge in [0.15, 0.2) is 5.17 Å². The number of alkyl halides is 4. The molecule has 13 heteroatoms. The van der Waals surface area contributed by atoms with E-state index in [1.54, 1.807) is 0 Å². The van der Waals surface area contributed by atoms with Gasteiger partial charge in [-0.3, -0.25) is 9.78 Å². The molecule has 32 heavy (non-hydrogen) atoms. The van der Waals surface area contributed by atoms with Gasteiger partial charge in [-0.2, -0.15) is 0 Å². The number of amidine groups is 1. The summed E-state index contributed by atoms with van der Waals surface area (Å²) in [6.07, 6.45) is -5.41. The van der Waals surface area contributed by atoms with Gasteiger partial charge in [-0.1, -0.05) is 11.8 Å². The predicted molar refractivity (Wildman–Crippen MR) is 106 cm³/mol. The van der Waals surface area contributed by atoms with E-state index in [1.807, 2.05) is 0 Å². The molecule has 0 radical (unpaired) electrons. The molecule has 3 heterocycles. The Bertz CT molecular complexity index is 1050. The number of carbonyl (C=O) groups is 1. The van der Waals surface area contributed by atoms with Gasteiger partial charge in [-0.25, -0.2) is 31.9 Å². The predicted octanol–water partition coefficient (Wildman–Crippen LogP) is 3.34. The third-order valence-electron chi connectivity index (χ3n) is 5.29. The summed E-state index contributed by atoms with van der Waals surface area (Å²) in [5.41, 5.74) is 3.59. The smallest absolute Gasteiger partial charge is 0.281 e. The molecule has 1 aromatic carbocycles. The van der Waals surface area contributed by atoms with Gasteiger partial charge in [-0.15, -0.1) is 0 Å². The molecule has 1 fully saturated rings. The van der Waals surface area contributed by atoms with Gasteiger partial charge in [-0.05, 0) is 18.2 Å². The molecule has 4 rings (SSSR count). The molecule has 2 aliphatic rings. The molecule has 1 aromatic heterocycles. The Morgan fingerprint density at radius 1 is 1.25 bits per heavy atom. The zero-order valence-electron chi connectivity index (χ0n) is 16.1. The summed E-state index contributed by atoms with van der Waals surface area (Å²) in [5.74, 6) is -2.18. The molecule has 7 nitrogen and oxygen atoms in total. The second kappa shape index (κ2) is 8.62. The SMILES string of the molecule is NC1=N[C@@]2(c3cc(NC(=O)c4cnc(C(F)F)cn4)ccc3F)CO[C@H](C(F)F)[C@H]2CS1. The van der Waals surface area contributed by atoms with E-state index in [1.165, 1.54) is 12.1 Å². The first-order chi connectivity index (χ1) is 15.2. The Balaban J connectivity index is 1.65. The van der Waals surface area contributed by atoms with Crippen molar-refractivity contribution in [3.05, 3.63) is 53.4 Å². The molecule has 3 N–H and O–H groups in total. The lowest BCUT2D eigenvalue weighted by Gasteiger charge is -2.35. The molecule has 0 aliphatic carbocycles. The Hall–Kier alpha value is -2.80. The second-order valence-electron chi connectivity index (χ2n) is 7.18. The van der Waals surface area contributed by atoms with E-state index in [0.29, 0.717) is 0 Å². The summed E-state index contributed by atoms with van der Waals surface area (Å²) in [6, 6.07) is 3.59. The van der Waals surface area contributed by atoms with Gasteiger partial charge in [0, 0.05) is 22.9 Å². The first kappa shape index (κ1) is 22.4.